The maximum atomic E-state index is 12.3. The van der Waals surface area contributed by atoms with Crippen molar-refractivity contribution >= 4 is 34.5 Å². The van der Waals surface area contributed by atoms with Gasteiger partial charge in [-0.15, -0.1) is 0 Å². The molecule has 2 rings (SSSR count). The molecule has 1 aliphatic heterocycles. The van der Waals surface area contributed by atoms with Gasteiger partial charge in [0.2, 0.25) is 0 Å². The van der Waals surface area contributed by atoms with Gasteiger partial charge in [-0.1, -0.05) is 6.07 Å². The van der Waals surface area contributed by atoms with Crippen LogP contribution in [0.3, 0.4) is 0 Å². The quantitative estimate of drug-likeness (QED) is 0.773. The lowest BCUT2D eigenvalue weighted by Crippen LogP contribution is -2.53. The molecular formula is C14H16INO4. The van der Waals surface area contributed by atoms with Crippen molar-refractivity contribution in [3.63, 3.8) is 0 Å². The van der Waals surface area contributed by atoms with Crippen molar-refractivity contribution in [2.45, 2.75) is 24.8 Å². The number of amides is 1. The van der Waals surface area contributed by atoms with E-state index in [1.54, 1.807) is 12.1 Å². The predicted octanol–water partition coefficient (Wildman–Crippen LogP) is 2.04. The molecule has 0 bridgehead atoms. The first-order valence-electron chi connectivity index (χ1n) is 6.38. The number of nitrogens with one attached hydrogen (secondary N) is 1. The van der Waals surface area contributed by atoms with Gasteiger partial charge in [-0.05, 0) is 53.6 Å². The van der Waals surface area contributed by atoms with Crippen LogP contribution in [0, 0.1) is 3.57 Å². The lowest BCUT2D eigenvalue weighted by molar-refractivity contribution is -0.139. The number of carbonyl (C=O) groups is 2. The summed E-state index contributed by atoms with van der Waals surface area (Å²) in [5.74, 6) is -1.14. The Balaban J connectivity index is 2.15. The second kappa shape index (κ2) is 6.53. The lowest BCUT2D eigenvalue weighted by atomic mass is 9.86. The fourth-order valence-corrected chi connectivity index (χ4v) is 2.88. The third-order valence-corrected chi connectivity index (χ3v) is 4.08. The second-order valence-electron chi connectivity index (χ2n) is 4.93. The molecule has 2 N–H and O–H groups in total. The fourth-order valence-electron chi connectivity index (χ4n) is 2.34. The molecule has 1 aromatic rings. The summed E-state index contributed by atoms with van der Waals surface area (Å²) in [7, 11) is 0. The van der Waals surface area contributed by atoms with Gasteiger partial charge >= 0.3 is 5.97 Å². The smallest absolute Gasteiger partial charge is 0.305 e. The zero-order valence-corrected chi connectivity index (χ0v) is 13.1. The van der Waals surface area contributed by atoms with Gasteiger partial charge in [0.05, 0.1) is 12.0 Å². The minimum Gasteiger partial charge on any atom is -0.481 e. The maximum Gasteiger partial charge on any atom is 0.305 e. The first-order chi connectivity index (χ1) is 9.51. The monoisotopic (exact) mass is 389 g/mol. The average molecular weight is 389 g/mol. The van der Waals surface area contributed by atoms with Crippen molar-refractivity contribution in [3.8, 4) is 0 Å². The van der Waals surface area contributed by atoms with Crippen molar-refractivity contribution in [3.05, 3.63) is 33.4 Å². The molecule has 0 atom stereocenters. The van der Waals surface area contributed by atoms with E-state index in [9.17, 15) is 9.59 Å². The van der Waals surface area contributed by atoms with Crippen LogP contribution in [0.15, 0.2) is 24.3 Å². The summed E-state index contributed by atoms with van der Waals surface area (Å²) in [5.41, 5.74) is -0.157. The fraction of sp³-hybridized carbons (Fsp3) is 0.429. The highest BCUT2D eigenvalue weighted by Crippen LogP contribution is 2.25. The third-order valence-electron chi connectivity index (χ3n) is 3.41. The Kier molecular flexibility index (Phi) is 4.98. The highest BCUT2D eigenvalue weighted by Gasteiger charge is 2.36. The summed E-state index contributed by atoms with van der Waals surface area (Å²) in [4.78, 5) is 23.4. The molecule has 108 valence electrons. The van der Waals surface area contributed by atoms with Crippen LogP contribution in [0.25, 0.3) is 0 Å². The van der Waals surface area contributed by atoms with Crippen LogP contribution < -0.4 is 5.32 Å². The average Bonchev–Trinajstić information content (AvgIpc) is 2.38. The molecule has 0 radical (unpaired) electrons. The number of carboxylic acids is 1. The van der Waals surface area contributed by atoms with Crippen LogP contribution >= 0.6 is 22.6 Å². The summed E-state index contributed by atoms with van der Waals surface area (Å²) >= 11 is 2.14. The molecule has 5 nitrogen and oxygen atoms in total. The van der Waals surface area contributed by atoms with Crippen molar-refractivity contribution in [2.24, 2.45) is 0 Å². The van der Waals surface area contributed by atoms with Gasteiger partial charge in [-0.3, -0.25) is 9.59 Å². The van der Waals surface area contributed by atoms with E-state index in [1.165, 1.54) is 0 Å². The SMILES string of the molecule is O=C(O)CC1(NC(=O)c2cccc(I)c2)CCOCC1. The van der Waals surface area contributed by atoms with E-state index in [-0.39, 0.29) is 12.3 Å². The molecule has 6 heteroatoms. The topological polar surface area (TPSA) is 75.6 Å². The molecule has 1 heterocycles. The Hall–Kier alpha value is -1.15. The number of carboxylic acid groups (broad SMARTS) is 1. The molecule has 0 spiro atoms. The molecule has 1 aliphatic rings. The van der Waals surface area contributed by atoms with E-state index >= 15 is 0 Å². The Morgan fingerprint density at radius 3 is 2.65 bits per heavy atom. The molecule has 1 saturated heterocycles. The molecule has 0 aliphatic carbocycles. The van der Waals surface area contributed by atoms with Crippen LogP contribution in [-0.4, -0.2) is 35.7 Å². The summed E-state index contributed by atoms with van der Waals surface area (Å²) in [6.45, 7) is 0.944. The Morgan fingerprint density at radius 2 is 2.05 bits per heavy atom. The van der Waals surface area contributed by atoms with Gasteiger partial charge in [-0.2, -0.15) is 0 Å². The molecule has 20 heavy (non-hydrogen) atoms. The van der Waals surface area contributed by atoms with Crippen LogP contribution in [0.2, 0.25) is 0 Å². The number of carbonyl (C=O) groups excluding carboxylic acids is 1. The van der Waals surface area contributed by atoms with Gasteiger partial charge in [-0.25, -0.2) is 0 Å². The lowest BCUT2D eigenvalue weighted by Gasteiger charge is -2.36. The Labute approximate surface area is 130 Å². The first-order valence-corrected chi connectivity index (χ1v) is 7.46. The first kappa shape index (κ1) is 15.2. The van der Waals surface area contributed by atoms with Crippen LogP contribution in [0.1, 0.15) is 29.6 Å². The van der Waals surface area contributed by atoms with Crippen molar-refractivity contribution in [2.75, 3.05) is 13.2 Å². The van der Waals surface area contributed by atoms with Gasteiger partial charge in [0.15, 0.2) is 0 Å². The van der Waals surface area contributed by atoms with E-state index in [1.807, 2.05) is 12.1 Å². The summed E-state index contributed by atoms with van der Waals surface area (Å²) in [6.07, 6.45) is 0.968. The number of aliphatic carboxylic acids is 1. The molecule has 0 unspecified atom stereocenters. The molecule has 1 amide bonds. The zero-order chi connectivity index (χ0) is 14.6. The number of benzene rings is 1. The van der Waals surface area contributed by atoms with E-state index in [0.717, 1.165) is 3.57 Å². The van der Waals surface area contributed by atoms with Gasteiger partial charge in [0.25, 0.3) is 5.91 Å². The predicted molar refractivity (Wildman–Crippen MR) is 81.7 cm³/mol. The van der Waals surface area contributed by atoms with Gasteiger partial charge < -0.3 is 15.2 Å². The second-order valence-corrected chi connectivity index (χ2v) is 6.17. The Bertz CT molecular complexity index is 512. The van der Waals surface area contributed by atoms with Crippen molar-refractivity contribution < 1.29 is 19.4 Å². The highest BCUT2D eigenvalue weighted by atomic mass is 127. The molecule has 0 aromatic heterocycles. The van der Waals surface area contributed by atoms with Crippen LogP contribution in [0.5, 0.6) is 0 Å². The van der Waals surface area contributed by atoms with E-state index in [2.05, 4.69) is 27.9 Å². The van der Waals surface area contributed by atoms with Crippen molar-refractivity contribution in [1.29, 1.82) is 0 Å². The molecule has 0 saturated carbocycles. The summed E-state index contributed by atoms with van der Waals surface area (Å²) in [6, 6.07) is 7.22. The maximum absolute atomic E-state index is 12.3. The van der Waals surface area contributed by atoms with E-state index in [4.69, 9.17) is 9.84 Å². The number of rotatable bonds is 4. The van der Waals surface area contributed by atoms with Crippen molar-refractivity contribution in [1.82, 2.24) is 5.32 Å². The number of hydrogen-bond donors (Lipinski definition) is 2. The largest absolute Gasteiger partial charge is 0.481 e. The molecular weight excluding hydrogens is 373 g/mol. The van der Waals surface area contributed by atoms with E-state index in [0.29, 0.717) is 31.6 Å². The minimum atomic E-state index is -0.908. The molecule has 1 aromatic carbocycles. The van der Waals surface area contributed by atoms with Crippen LogP contribution in [-0.2, 0) is 9.53 Å². The summed E-state index contributed by atoms with van der Waals surface area (Å²) < 4.78 is 6.23. The minimum absolute atomic E-state index is 0.0774. The number of halogens is 1. The molecule has 1 fully saturated rings. The highest BCUT2D eigenvalue weighted by molar-refractivity contribution is 14.1. The third kappa shape index (κ3) is 3.92. The standard InChI is InChI=1S/C14H16INO4/c15-11-3-1-2-10(8-11)13(19)16-14(9-12(17)18)4-6-20-7-5-14/h1-3,8H,4-7,9H2,(H,16,19)(H,17,18). The number of hydrogen-bond acceptors (Lipinski definition) is 3. The van der Waals surface area contributed by atoms with Crippen LogP contribution in [0.4, 0.5) is 0 Å². The number of ether oxygens (including phenoxy) is 1. The summed E-state index contributed by atoms with van der Waals surface area (Å²) in [5, 5.41) is 12.0. The normalized spacial score (nSPS) is 17.4. The zero-order valence-electron chi connectivity index (χ0n) is 10.9. The van der Waals surface area contributed by atoms with Gasteiger partial charge in [0.1, 0.15) is 0 Å². The van der Waals surface area contributed by atoms with E-state index < -0.39 is 11.5 Å². The van der Waals surface area contributed by atoms with Gasteiger partial charge in [0, 0.05) is 22.3 Å². The Morgan fingerprint density at radius 1 is 1.35 bits per heavy atom.